The lowest BCUT2D eigenvalue weighted by Crippen LogP contribution is -2.34. The Kier molecular flexibility index (Phi) is 2.54. The van der Waals surface area contributed by atoms with E-state index >= 15 is 0 Å². The van der Waals surface area contributed by atoms with Gasteiger partial charge in [-0.3, -0.25) is 4.79 Å². The van der Waals surface area contributed by atoms with Gasteiger partial charge in [-0.05, 0) is 24.7 Å². The Labute approximate surface area is 82.0 Å². The van der Waals surface area contributed by atoms with Crippen LogP contribution in [0.1, 0.15) is 38.5 Å². The van der Waals surface area contributed by atoms with Crippen LogP contribution in [0.25, 0.3) is 0 Å². The van der Waals surface area contributed by atoms with Crippen molar-refractivity contribution >= 4 is 21.7 Å². The predicted octanol–water partition coefficient (Wildman–Crippen LogP) is 2.92. The number of halogens is 1. The minimum Gasteiger partial charge on any atom is -0.298 e. The molecular formula is C10H15BrO. The van der Waals surface area contributed by atoms with Gasteiger partial charge in [-0.2, -0.15) is 0 Å². The van der Waals surface area contributed by atoms with E-state index in [9.17, 15) is 4.79 Å². The molecule has 1 nitrogen and oxygen atoms in total. The normalized spacial score (nSPS) is 42.4. The van der Waals surface area contributed by atoms with Gasteiger partial charge >= 0.3 is 0 Å². The average Bonchev–Trinajstić information content (AvgIpc) is 2.07. The highest BCUT2D eigenvalue weighted by molar-refractivity contribution is 9.10. The molecule has 2 saturated carbocycles. The fourth-order valence-corrected chi connectivity index (χ4v) is 3.31. The monoisotopic (exact) mass is 230 g/mol. The second-order valence-corrected chi connectivity index (χ2v) is 5.28. The summed E-state index contributed by atoms with van der Waals surface area (Å²) in [6.07, 6.45) is 7.34. The summed E-state index contributed by atoms with van der Waals surface area (Å²) in [6.45, 7) is 0. The number of hydrogen-bond donors (Lipinski definition) is 0. The first-order valence-electron chi connectivity index (χ1n) is 4.94. The Bertz CT molecular complexity index is 190. The topological polar surface area (TPSA) is 17.1 Å². The molecule has 0 aromatic carbocycles. The van der Waals surface area contributed by atoms with Crippen molar-refractivity contribution in [3.05, 3.63) is 0 Å². The Morgan fingerprint density at radius 3 is 2.58 bits per heavy atom. The maximum atomic E-state index is 11.4. The Morgan fingerprint density at radius 2 is 1.83 bits per heavy atom. The van der Waals surface area contributed by atoms with Crippen LogP contribution in [0.5, 0.6) is 0 Å². The molecule has 0 N–H and O–H groups in total. The standard InChI is InChI=1S/C10H15BrO/c11-9-5-7-3-1-2-4-8(7)6-10(9)12/h7-9H,1-6H2/t7-,8-,9-/m1/s1. The molecule has 0 amide bonds. The van der Waals surface area contributed by atoms with Crippen LogP contribution in [0.3, 0.4) is 0 Å². The molecule has 68 valence electrons. The second kappa shape index (κ2) is 3.49. The first-order valence-corrected chi connectivity index (χ1v) is 5.85. The van der Waals surface area contributed by atoms with Crippen LogP contribution < -0.4 is 0 Å². The molecule has 0 unspecified atom stereocenters. The Balaban J connectivity index is 2.02. The summed E-state index contributed by atoms with van der Waals surface area (Å²) in [7, 11) is 0. The van der Waals surface area contributed by atoms with E-state index in [1.807, 2.05) is 0 Å². The molecule has 0 spiro atoms. The van der Waals surface area contributed by atoms with Crippen LogP contribution in [-0.4, -0.2) is 10.6 Å². The maximum absolute atomic E-state index is 11.4. The van der Waals surface area contributed by atoms with Crippen molar-refractivity contribution in [2.45, 2.75) is 43.4 Å². The number of rotatable bonds is 0. The number of ketones is 1. The summed E-state index contributed by atoms with van der Waals surface area (Å²) in [5, 5.41) is 0. The molecule has 2 aliphatic carbocycles. The van der Waals surface area contributed by atoms with Gasteiger partial charge in [0.2, 0.25) is 0 Å². The lowest BCUT2D eigenvalue weighted by molar-refractivity contribution is -0.122. The van der Waals surface area contributed by atoms with Crippen LogP contribution >= 0.6 is 15.9 Å². The molecule has 2 fully saturated rings. The van der Waals surface area contributed by atoms with Gasteiger partial charge in [0.15, 0.2) is 0 Å². The molecule has 2 aliphatic rings. The van der Waals surface area contributed by atoms with E-state index in [1.54, 1.807) is 0 Å². The predicted molar refractivity (Wildman–Crippen MR) is 52.4 cm³/mol. The van der Waals surface area contributed by atoms with Crippen molar-refractivity contribution in [3.8, 4) is 0 Å². The lowest BCUT2D eigenvalue weighted by Gasteiger charge is -2.36. The van der Waals surface area contributed by atoms with Crippen LogP contribution in [0.4, 0.5) is 0 Å². The summed E-state index contributed by atoms with van der Waals surface area (Å²) < 4.78 is 0. The maximum Gasteiger partial charge on any atom is 0.146 e. The zero-order valence-electron chi connectivity index (χ0n) is 7.26. The van der Waals surface area contributed by atoms with Crippen molar-refractivity contribution in [2.75, 3.05) is 0 Å². The third-order valence-electron chi connectivity index (χ3n) is 3.39. The van der Waals surface area contributed by atoms with E-state index in [-0.39, 0.29) is 4.83 Å². The molecule has 0 aromatic rings. The molecule has 0 aliphatic heterocycles. The van der Waals surface area contributed by atoms with Gasteiger partial charge in [-0.15, -0.1) is 0 Å². The summed E-state index contributed by atoms with van der Waals surface area (Å²) in [4.78, 5) is 11.6. The minimum atomic E-state index is 0.178. The lowest BCUT2D eigenvalue weighted by atomic mass is 9.70. The third-order valence-corrected chi connectivity index (χ3v) is 4.27. The number of carbonyl (C=O) groups is 1. The fraction of sp³-hybridized carbons (Fsp3) is 0.900. The molecule has 3 atom stereocenters. The molecule has 0 bridgehead atoms. The van der Waals surface area contributed by atoms with E-state index in [1.165, 1.54) is 25.7 Å². The van der Waals surface area contributed by atoms with Crippen molar-refractivity contribution in [3.63, 3.8) is 0 Å². The zero-order chi connectivity index (χ0) is 8.55. The highest BCUT2D eigenvalue weighted by Gasteiger charge is 2.35. The van der Waals surface area contributed by atoms with Crippen LogP contribution in [0.15, 0.2) is 0 Å². The summed E-state index contributed by atoms with van der Waals surface area (Å²) in [5.41, 5.74) is 0. The molecule has 0 radical (unpaired) electrons. The Hall–Kier alpha value is 0.150. The number of alkyl halides is 1. The second-order valence-electron chi connectivity index (χ2n) is 4.18. The summed E-state index contributed by atoms with van der Waals surface area (Å²) >= 11 is 3.47. The minimum absolute atomic E-state index is 0.178. The van der Waals surface area contributed by atoms with Crippen molar-refractivity contribution < 1.29 is 4.79 Å². The van der Waals surface area contributed by atoms with Crippen molar-refractivity contribution in [1.82, 2.24) is 0 Å². The zero-order valence-corrected chi connectivity index (χ0v) is 8.85. The van der Waals surface area contributed by atoms with Gasteiger partial charge in [0.1, 0.15) is 5.78 Å². The largest absolute Gasteiger partial charge is 0.298 e. The van der Waals surface area contributed by atoms with Gasteiger partial charge in [-0.1, -0.05) is 35.2 Å². The number of fused-ring (bicyclic) bond motifs is 1. The molecule has 0 saturated heterocycles. The smallest absolute Gasteiger partial charge is 0.146 e. The molecule has 2 rings (SSSR count). The number of Topliss-reactive ketones (excluding diaryl/α,β-unsaturated/α-hetero) is 1. The molecule has 0 aromatic heterocycles. The average molecular weight is 231 g/mol. The highest BCUT2D eigenvalue weighted by atomic mass is 79.9. The van der Waals surface area contributed by atoms with Crippen LogP contribution in [0, 0.1) is 11.8 Å². The van der Waals surface area contributed by atoms with E-state index < -0.39 is 0 Å². The quantitative estimate of drug-likeness (QED) is 0.586. The van der Waals surface area contributed by atoms with E-state index in [0.717, 1.165) is 24.7 Å². The van der Waals surface area contributed by atoms with Gasteiger partial charge < -0.3 is 0 Å². The first-order chi connectivity index (χ1) is 5.77. The van der Waals surface area contributed by atoms with Gasteiger partial charge in [0.25, 0.3) is 0 Å². The number of carbonyl (C=O) groups excluding carboxylic acids is 1. The molecular weight excluding hydrogens is 216 g/mol. The molecule has 0 heterocycles. The number of hydrogen-bond acceptors (Lipinski definition) is 1. The van der Waals surface area contributed by atoms with Crippen molar-refractivity contribution in [1.29, 1.82) is 0 Å². The summed E-state index contributed by atoms with van der Waals surface area (Å²) in [5.74, 6) is 2.03. The molecule has 12 heavy (non-hydrogen) atoms. The van der Waals surface area contributed by atoms with Gasteiger partial charge in [0.05, 0.1) is 4.83 Å². The third kappa shape index (κ3) is 1.59. The SMILES string of the molecule is O=C1C[C@H]2CCCC[C@@H]2C[C@H]1Br. The first kappa shape index (κ1) is 8.74. The molecule has 2 heteroatoms. The van der Waals surface area contributed by atoms with E-state index in [2.05, 4.69) is 15.9 Å². The van der Waals surface area contributed by atoms with Crippen LogP contribution in [0.2, 0.25) is 0 Å². The van der Waals surface area contributed by atoms with Gasteiger partial charge in [-0.25, -0.2) is 0 Å². The van der Waals surface area contributed by atoms with Gasteiger partial charge in [0, 0.05) is 6.42 Å². The summed E-state index contributed by atoms with van der Waals surface area (Å²) in [6, 6.07) is 0. The van der Waals surface area contributed by atoms with Crippen LogP contribution in [-0.2, 0) is 4.79 Å². The van der Waals surface area contributed by atoms with E-state index in [4.69, 9.17) is 0 Å². The van der Waals surface area contributed by atoms with Crippen molar-refractivity contribution in [2.24, 2.45) is 11.8 Å². The fourth-order valence-electron chi connectivity index (χ4n) is 2.65. The van der Waals surface area contributed by atoms with E-state index in [0.29, 0.717) is 5.78 Å². The Morgan fingerprint density at radius 1 is 1.17 bits per heavy atom. The highest BCUT2D eigenvalue weighted by Crippen LogP contribution is 2.40.